The minimum Gasteiger partial charge on any atom is -0.479 e. The Kier molecular flexibility index (Phi) is 4.99. The lowest BCUT2D eigenvalue weighted by molar-refractivity contribution is -0.149. The summed E-state index contributed by atoms with van der Waals surface area (Å²) in [6.07, 6.45) is 0.611. The molecule has 16 heavy (non-hydrogen) atoms. The second kappa shape index (κ2) is 6.28. The number of carboxylic acids is 1. The van der Waals surface area contributed by atoms with Crippen LogP contribution in [0.4, 0.5) is 0 Å². The Morgan fingerprint density at radius 2 is 1.94 bits per heavy atom. The smallest absolute Gasteiger partial charge is 0.333 e. The zero-order valence-electron chi connectivity index (χ0n) is 9.77. The van der Waals surface area contributed by atoms with Crippen LogP contribution in [0.2, 0.25) is 0 Å². The van der Waals surface area contributed by atoms with Gasteiger partial charge in [-0.3, -0.25) is 0 Å². The monoisotopic (exact) mass is 222 g/mol. The molecule has 88 valence electrons. The molecule has 1 aromatic carbocycles. The van der Waals surface area contributed by atoms with E-state index in [-0.39, 0.29) is 0 Å². The Labute approximate surface area is 96.1 Å². The van der Waals surface area contributed by atoms with Gasteiger partial charge in [-0.15, -0.1) is 0 Å². The van der Waals surface area contributed by atoms with Crippen LogP contribution in [-0.2, 0) is 22.4 Å². The van der Waals surface area contributed by atoms with Crippen molar-refractivity contribution in [3.05, 3.63) is 35.4 Å². The number of aryl methyl sites for hydroxylation is 1. The maximum atomic E-state index is 11.0. The van der Waals surface area contributed by atoms with Crippen LogP contribution in [-0.4, -0.2) is 23.8 Å². The molecule has 0 aliphatic rings. The Morgan fingerprint density at radius 3 is 2.44 bits per heavy atom. The lowest BCUT2D eigenvalue weighted by atomic mass is 10.00. The quantitative estimate of drug-likeness (QED) is 0.803. The molecule has 0 bridgehead atoms. The van der Waals surface area contributed by atoms with Gasteiger partial charge in [0, 0.05) is 13.0 Å². The topological polar surface area (TPSA) is 46.5 Å². The highest BCUT2D eigenvalue weighted by Gasteiger charge is 2.18. The van der Waals surface area contributed by atoms with Crippen LogP contribution in [0.1, 0.15) is 25.0 Å². The van der Waals surface area contributed by atoms with E-state index in [1.807, 2.05) is 31.2 Å². The van der Waals surface area contributed by atoms with Gasteiger partial charge in [-0.1, -0.05) is 31.2 Å². The first-order chi connectivity index (χ1) is 7.69. The average Bonchev–Trinajstić information content (AvgIpc) is 2.29. The SMILES string of the molecule is CCO[C@H](Cc1ccccc1CC)C(=O)O. The van der Waals surface area contributed by atoms with Gasteiger partial charge in [-0.05, 0) is 24.5 Å². The molecule has 0 amide bonds. The van der Waals surface area contributed by atoms with Gasteiger partial charge in [0.25, 0.3) is 0 Å². The lowest BCUT2D eigenvalue weighted by Gasteiger charge is -2.14. The third-order valence-corrected chi connectivity index (χ3v) is 2.55. The number of carbonyl (C=O) groups is 1. The van der Waals surface area contributed by atoms with Crippen molar-refractivity contribution in [1.82, 2.24) is 0 Å². The maximum absolute atomic E-state index is 11.0. The summed E-state index contributed by atoms with van der Waals surface area (Å²) in [5.74, 6) is -0.896. The summed E-state index contributed by atoms with van der Waals surface area (Å²) in [7, 11) is 0. The number of ether oxygens (including phenoxy) is 1. The molecule has 3 heteroatoms. The third-order valence-electron chi connectivity index (χ3n) is 2.55. The number of hydrogen-bond acceptors (Lipinski definition) is 2. The van der Waals surface area contributed by atoms with E-state index in [1.165, 1.54) is 5.56 Å². The summed E-state index contributed by atoms with van der Waals surface area (Å²) < 4.78 is 5.21. The molecule has 0 saturated heterocycles. The van der Waals surface area contributed by atoms with E-state index in [2.05, 4.69) is 6.92 Å². The van der Waals surface area contributed by atoms with Gasteiger partial charge in [-0.25, -0.2) is 4.79 Å². The van der Waals surface area contributed by atoms with Crippen molar-refractivity contribution in [2.75, 3.05) is 6.61 Å². The fourth-order valence-corrected chi connectivity index (χ4v) is 1.72. The van der Waals surface area contributed by atoms with Gasteiger partial charge in [-0.2, -0.15) is 0 Å². The van der Waals surface area contributed by atoms with E-state index in [9.17, 15) is 4.79 Å². The highest BCUT2D eigenvalue weighted by atomic mass is 16.5. The van der Waals surface area contributed by atoms with E-state index in [0.29, 0.717) is 13.0 Å². The zero-order valence-corrected chi connectivity index (χ0v) is 9.77. The van der Waals surface area contributed by atoms with Crippen LogP contribution < -0.4 is 0 Å². The predicted octanol–water partition coefficient (Wildman–Crippen LogP) is 2.28. The van der Waals surface area contributed by atoms with Crippen molar-refractivity contribution >= 4 is 5.97 Å². The molecule has 0 aliphatic carbocycles. The molecule has 1 N–H and O–H groups in total. The highest BCUT2D eigenvalue weighted by Crippen LogP contribution is 2.13. The molecule has 0 aliphatic heterocycles. The molecule has 0 fully saturated rings. The summed E-state index contributed by atoms with van der Waals surface area (Å²) in [5, 5.41) is 9.00. The molecule has 3 nitrogen and oxygen atoms in total. The van der Waals surface area contributed by atoms with Gasteiger partial charge in [0.2, 0.25) is 0 Å². The van der Waals surface area contributed by atoms with Crippen molar-refractivity contribution in [2.45, 2.75) is 32.8 Å². The number of carboxylic acid groups (broad SMARTS) is 1. The first-order valence-corrected chi connectivity index (χ1v) is 5.60. The Hall–Kier alpha value is -1.35. The Morgan fingerprint density at radius 1 is 1.31 bits per heavy atom. The average molecular weight is 222 g/mol. The Balaban J connectivity index is 2.80. The summed E-state index contributed by atoms with van der Waals surface area (Å²) in [6, 6.07) is 7.89. The lowest BCUT2D eigenvalue weighted by Crippen LogP contribution is -2.26. The van der Waals surface area contributed by atoms with Crippen molar-refractivity contribution < 1.29 is 14.6 Å². The number of aliphatic carboxylic acids is 1. The summed E-state index contributed by atoms with van der Waals surface area (Å²) in [5.41, 5.74) is 2.25. The molecule has 0 saturated carbocycles. The summed E-state index contributed by atoms with van der Waals surface area (Å²) in [6.45, 7) is 4.29. The standard InChI is InChI=1S/C13H18O3/c1-3-10-7-5-6-8-11(10)9-12(13(14)15)16-4-2/h5-8,12H,3-4,9H2,1-2H3,(H,14,15)/t12-/m1/s1. The fraction of sp³-hybridized carbons (Fsp3) is 0.462. The second-order valence-electron chi connectivity index (χ2n) is 3.61. The fourth-order valence-electron chi connectivity index (χ4n) is 1.72. The van der Waals surface area contributed by atoms with Crippen LogP contribution >= 0.6 is 0 Å². The second-order valence-corrected chi connectivity index (χ2v) is 3.61. The van der Waals surface area contributed by atoms with Crippen LogP contribution in [0.5, 0.6) is 0 Å². The highest BCUT2D eigenvalue weighted by molar-refractivity contribution is 5.72. The van der Waals surface area contributed by atoms with E-state index in [4.69, 9.17) is 9.84 Å². The van der Waals surface area contributed by atoms with Crippen LogP contribution in [0, 0.1) is 0 Å². The van der Waals surface area contributed by atoms with Crippen LogP contribution in [0.15, 0.2) is 24.3 Å². The number of hydrogen-bond donors (Lipinski definition) is 1. The van der Waals surface area contributed by atoms with E-state index < -0.39 is 12.1 Å². The zero-order chi connectivity index (χ0) is 12.0. The Bertz CT molecular complexity index is 347. The normalized spacial score (nSPS) is 12.4. The molecule has 0 spiro atoms. The van der Waals surface area contributed by atoms with E-state index in [0.717, 1.165) is 12.0 Å². The van der Waals surface area contributed by atoms with Crippen molar-refractivity contribution in [3.63, 3.8) is 0 Å². The van der Waals surface area contributed by atoms with Crippen LogP contribution in [0.3, 0.4) is 0 Å². The predicted molar refractivity (Wildman–Crippen MR) is 62.6 cm³/mol. The summed E-state index contributed by atoms with van der Waals surface area (Å²) >= 11 is 0. The first-order valence-electron chi connectivity index (χ1n) is 5.60. The minimum atomic E-state index is -0.896. The van der Waals surface area contributed by atoms with Crippen molar-refractivity contribution in [3.8, 4) is 0 Å². The van der Waals surface area contributed by atoms with Crippen molar-refractivity contribution in [1.29, 1.82) is 0 Å². The molecule has 0 heterocycles. The van der Waals surface area contributed by atoms with Gasteiger partial charge in [0.1, 0.15) is 0 Å². The molecule has 0 unspecified atom stereocenters. The van der Waals surface area contributed by atoms with Gasteiger partial charge in [0.15, 0.2) is 6.10 Å². The van der Waals surface area contributed by atoms with Gasteiger partial charge >= 0.3 is 5.97 Å². The molecule has 0 radical (unpaired) electrons. The first kappa shape index (κ1) is 12.7. The molecule has 1 rings (SSSR count). The molecule has 1 aromatic rings. The number of benzene rings is 1. The molecular formula is C13H18O3. The van der Waals surface area contributed by atoms with Gasteiger partial charge < -0.3 is 9.84 Å². The van der Waals surface area contributed by atoms with E-state index in [1.54, 1.807) is 0 Å². The van der Waals surface area contributed by atoms with Crippen molar-refractivity contribution in [2.24, 2.45) is 0 Å². The molecule has 0 aromatic heterocycles. The van der Waals surface area contributed by atoms with Crippen LogP contribution in [0.25, 0.3) is 0 Å². The molecule has 1 atom stereocenters. The minimum absolute atomic E-state index is 0.422. The molecular weight excluding hydrogens is 204 g/mol. The number of rotatable bonds is 6. The van der Waals surface area contributed by atoms with Gasteiger partial charge in [0.05, 0.1) is 0 Å². The third kappa shape index (κ3) is 3.35. The van der Waals surface area contributed by atoms with E-state index >= 15 is 0 Å². The maximum Gasteiger partial charge on any atom is 0.333 e. The summed E-state index contributed by atoms with van der Waals surface area (Å²) in [4.78, 5) is 11.0. The largest absolute Gasteiger partial charge is 0.479 e.